The third-order valence-corrected chi connectivity index (χ3v) is 4.47. The Kier molecular flexibility index (Phi) is 5.54. The number of benzene rings is 2. The van der Waals surface area contributed by atoms with Gasteiger partial charge in [-0.05, 0) is 49.2 Å². The maximum absolute atomic E-state index is 12.2. The summed E-state index contributed by atoms with van der Waals surface area (Å²) in [5.41, 5.74) is 4.69. The Morgan fingerprint density at radius 2 is 1.81 bits per heavy atom. The molecule has 0 atom stereocenters. The Balaban J connectivity index is 1.61. The number of anilines is 3. The summed E-state index contributed by atoms with van der Waals surface area (Å²) < 4.78 is 0. The molecule has 0 aliphatic carbocycles. The Bertz CT molecular complexity index is 906. The number of pyridine rings is 1. The van der Waals surface area contributed by atoms with Gasteiger partial charge in [0.2, 0.25) is 5.91 Å². The van der Waals surface area contributed by atoms with Crippen LogP contribution in [-0.2, 0) is 11.2 Å². The molecule has 132 valence electrons. The zero-order valence-electron chi connectivity index (χ0n) is 14.7. The summed E-state index contributed by atoms with van der Waals surface area (Å²) >= 11 is 6.13. The zero-order valence-corrected chi connectivity index (χ0v) is 15.5. The molecule has 3 aromatic rings. The first-order valence-corrected chi connectivity index (χ1v) is 8.72. The molecule has 0 bridgehead atoms. The predicted molar refractivity (Wildman–Crippen MR) is 107 cm³/mol. The van der Waals surface area contributed by atoms with Crippen LogP contribution in [0.15, 0.2) is 60.8 Å². The second-order valence-corrected chi connectivity index (χ2v) is 6.59. The van der Waals surface area contributed by atoms with Crippen molar-refractivity contribution in [2.45, 2.75) is 20.3 Å². The van der Waals surface area contributed by atoms with Gasteiger partial charge in [-0.15, -0.1) is 0 Å². The first-order chi connectivity index (χ1) is 12.5. The molecule has 1 aromatic heterocycles. The SMILES string of the molecule is Cc1ccc(CC(=O)Nc2ccc(Nc3cccc(Cl)c3C)nc2)cc1. The fraction of sp³-hybridized carbons (Fsp3) is 0.143. The van der Waals surface area contributed by atoms with Gasteiger partial charge in [-0.25, -0.2) is 4.98 Å². The standard InChI is InChI=1S/C21H20ClN3O/c1-14-6-8-16(9-7-14)12-21(26)24-17-10-11-20(23-13-17)25-19-5-3-4-18(22)15(19)2/h3-11,13H,12H2,1-2H3,(H,23,25)(H,24,26). The number of aryl methyl sites for hydroxylation is 1. The van der Waals surface area contributed by atoms with E-state index in [1.807, 2.05) is 68.4 Å². The average molecular weight is 366 g/mol. The highest BCUT2D eigenvalue weighted by molar-refractivity contribution is 6.31. The van der Waals surface area contributed by atoms with E-state index in [4.69, 9.17) is 11.6 Å². The molecule has 2 N–H and O–H groups in total. The second-order valence-electron chi connectivity index (χ2n) is 6.18. The van der Waals surface area contributed by atoms with Crippen molar-refractivity contribution in [1.82, 2.24) is 4.98 Å². The number of aromatic nitrogens is 1. The van der Waals surface area contributed by atoms with E-state index in [0.29, 0.717) is 22.9 Å². The van der Waals surface area contributed by atoms with E-state index in [1.54, 1.807) is 6.20 Å². The van der Waals surface area contributed by atoms with Crippen molar-refractivity contribution in [1.29, 1.82) is 0 Å². The van der Waals surface area contributed by atoms with Crippen LogP contribution in [0, 0.1) is 13.8 Å². The van der Waals surface area contributed by atoms with Crippen molar-refractivity contribution in [3.63, 3.8) is 0 Å². The third kappa shape index (κ3) is 4.61. The summed E-state index contributed by atoms with van der Waals surface area (Å²) in [7, 11) is 0. The Labute approximate surface area is 158 Å². The van der Waals surface area contributed by atoms with Crippen LogP contribution in [0.3, 0.4) is 0 Å². The number of carbonyl (C=O) groups excluding carboxylic acids is 1. The highest BCUT2D eigenvalue weighted by Crippen LogP contribution is 2.25. The van der Waals surface area contributed by atoms with Crippen molar-refractivity contribution in [3.05, 3.63) is 82.5 Å². The monoisotopic (exact) mass is 365 g/mol. The number of nitrogens with one attached hydrogen (secondary N) is 2. The number of hydrogen-bond acceptors (Lipinski definition) is 3. The molecule has 0 aliphatic rings. The number of halogens is 1. The van der Waals surface area contributed by atoms with Gasteiger partial charge in [0.15, 0.2) is 0 Å². The molecule has 1 amide bonds. The van der Waals surface area contributed by atoms with Crippen LogP contribution in [0.25, 0.3) is 0 Å². The summed E-state index contributed by atoms with van der Waals surface area (Å²) in [5, 5.41) is 6.80. The lowest BCUT2D eigenvalue weighted by Crippen LogP contribution is -2.14. The van der Waals surface area contributed by atoms with Gasteiger partial charge in [-0.3, -0.25) is 4.79 Å². The van der Waals surface area contributed by atoms with Crippen LogP contribution >= 0.6 is 11.6 Å². The lowest BCUT2D eigenvalue weighted by atomic mass is 10.1. The van der Waals surface area contributed by atoms with Gasteiger partial charge in [0, 0.05) is 10.7 Å². The summed E-state index contributed by atoms with van der Waals surface area (Å²) in [5.74, 6) is 0.619. The fourth-order valence-electron chi connectivity index (χ4n) is 2.52. The molecule has 0 spiro atoms. The highest BCUT2D eigenvalue weighted by atomic mass is 35.5. The smallest absolute Gasteiger partial charge is 0.228 e. The maximum Gasteiger partial charge on any atom is 0.228 e. The topological polar surface area (TPSA) is 54.0 Å². The number of nitrogens with zero attached hydrogens (tertiary/aromatic N) is 1. The van der Waals surface area contributed by atoms with Crippen LogP contribution in [0.2, 0.25) is 5.02 Å². The minimum absolute atomic E-state index is 0.0675. The van der Waals surface area contributed by atoms with Gasteiger partial charge >= 0.3 is 0 Å². The average Bonchev–Trinajstić information content (AvgIpc) is 2.62. The van der Waals surface area contributed by atoms with Crippen LogP contribution in [-0.4, -0.2) is 10.9 Å². The van der Waals surface area contributed by atoms with E-state index in [-0.39, 0.29) is 5.91 Å². The quantitative estimate of drug-likeness (QED) is 0.647. The molecule has 3 rings (SSSR count). The van der Waals surface area contributed by atoms with E-state index in [9.17, 15) is 4.79 Å². The first kappa shape index (κ1) is 18.0. The number of carbonyl (C=O) groups is 1. The molecule has 5 heteroatoms. The van der Waals surface area contributed by atoms with Gasteiger partial charge in [0.25, 0.3) is 0 Å². The molecular weight excluding hydrogens is 346 g/mol. The summed E-state index contributed by atoms with van der Waals surface area (Å²) in [6, 6.07) is 17.3. The van der Waals surface area contributed by atoms with Gasteiger partial charge in [0.05, 0.1) is 18.3 Å². The molecule has 0 saturated carbocycles. The van der Waals surface area contributed by atoms with Crippen LogP contribution < -0.4 is 10.6 Å². The van der Waals surface area contributed by atoms with E-state index >= 15 is 0 Å². The summed E-state index contributed by atoms with van der Waals surface area (Å²) in [6.07, 6.45) is 1.97. The first-order valence-electron chi connectivity index (χ1n) is 8.35. The number of hydrogen-bond donors (Lipinski definition) is 2. The summed E-state index contributed by atoms with van der Waals surface area (Å²) in [4.78, 5) is 16.5. The molecule has 2 aromatic carbocycles. The predicted octanol–water partition coefficient (Wildman–Crippen LogP) is 5.28. The Morgan fingerprint density at radius 3 is 2.50 bits per heavy atom. The van der Waals surface area contributed by atoms with Gasteiger partial charge in [-0.2, -0.15) is 0 Å². The second kappa shape index (κ2) is 8.02. The van der Waals surface area contributed by atoms with Crippen LogP contribution in [0.5, 0.6) is 0 Å². The largest absolute Gasteiger partial charge is 0.340 e. The lowest BCUT2D eigenvalue weighted by Gasteiger charge is -2.11. The van der Waals surface area contributed by atoms with Crippen LogP contribution in [0.1, 0.15) is 16.7 Å². The van der Waals surface area contributed by atoms with E-state index in [1.165, 1.54) is 5.56 Å². The Hall–Kier alpha value is -2.85. The van der Waals surface area contributed by atoms with Crippen molar-refractivity contribution >= 4 is 34.7 Å². The Morgan fingerprint density at radius 1 is 1.04 bits per heavy atom. The van der Waals surface area contributed by atoms with E-state index < -0.39 is 0 Å². The molecule has 0 saturated heterocycles. The molecular formula is C21H20ClN3O. The van der Waals surface area contributed by atoms with Crippen molar-refractivity contribution in [2.24, 2.45) is 0 Å². The van der Waals surface area contributed by atoms with Crippen molar-refractivity contribution in [2.75, 3.05) is 10.6 Å². The molecule has 1 heterocycles. The van der Waals surface area contributed by atoms with E-state index in [2.05, 4.69) is 15.6 Å². The van der Waals surface area contributed by atoms with Gasteiger partial charge < -0.3 is 10.6 Å². The van der Waals surface area contributed by atoms with Crippen molar-refractivity contribution in [3.8, 4) is 0 Å². The van der Waals surface area contributed by atoms with Gasteiger partial charge in [0.1, 0.15) is 5.82 Å². The number of rotatable bonds is 5. The molecule has 0 aliphatic heterocycles. The third-order valence-electron chi connectivity index (χ3n) is 4.06. The normalized spacial score (nSPS) is 10.4. The minimum Gasteiger partial charge on any atom is -0.340 e. The molecule has 0 fully saturated rings. The summed E-state index contributed by atoms with van der Waals surface area (Å²) in [6.45, 7) is 3.97. The lowest BCUT2D eigenvalue weighted by molar-refractivity contribution is -0.115. The fourth-order valence-corrected chi connectivity index (χ4v) is 2.69. The van der Waals surface area contributed by atoms with Gasteiger partial charge in [-0.1, -0.05) is 47.5 Å². The molecule has 0 radical (unpaired) electrons. The molecule has 0 unspecified atom stereocenters. The zero-order chi connectivity index (χ0) is 18.5. The van der Waals surface area contributed by atoms with Crippen LogP contribution in [0.4, 0.5) is 17.2 Å². The minimum atomic E-state index is -0.0675. The molecule has 26 heavy (non-hydrogen) atoms. The van der Waals surface area contributed by atoms with E-state index in [0.717, 1.165) is 16.8 Å². The maximum atomic E-state index is 12.2. The highest BCUT2D eigenvalue weighted by Gasteiger charge is 2.06. The van der Waals surface area contributed by atoms with Crippen molar-refractivity contribution < 1.29 is 4.79 Å². The molecule has 4 nitrogen and oxygen atoms in total. The number of amides is 1.